The van der Waals surface area contributed by atoms with Crippen LogP contribution in [0.2, 0.25) is 0 Å². The predicted molar refractivity (Wildman–Crippen MR) is 51.6 cm³/mol. The van der Waals surface area contributed by atoms with Crippen molar-refractivity contribution in [2.75, 3.05) is 6.61 Å². The average molecular weight is 183 g/mol. The van der Waals surface area contributed by atoms with Crippen molar-refractivity contribution in [2.24, 2.45) is 0 Å². The summed E-state index contributed by atoms with van der Waals surface area (Å²) in [7, 11) is 0. The molecule has 0 aromatic heterocycles. The van der Waals surface area contributed by atoms with Crippen LogP contribution in [-0.4, -0.2) is 18.2 Å². The van der Waals surface area contributed by atoms with Gasteiger partial charge in [0, 0.05) is 0 Å². The monoisotopic (exact) mass is 183 g/mol. The van der Waals surface area contributed by atoms with E-state index in [-0.39, 0.29) is 11.6 Å². The summed E-state index contributed by atoms with van der Waals surface area (Å²) < 4.78 is 4.86. The second-order valence-electron chi connectivity index (χ2n) is 3.94. The number of ether oxygens (including phenoxy) is 1. The van der Waals surface area contributed by atoms with Crippen molar-refractivity contribution in [1.82, 2.24) is 5.32 Å². The highest BCUT2D eigenvalue weighted by molar-refractivity contribution is 5.70. The minimum Gasteiger partial charge on any atom is -0.447 e. The average Bonchev–Trinajstić information content (AvgIpc) is 2.30. The van der Waals surface area contributed by atoms with Crippen LogP contribution in [0.5, 0.6) is 0 Å². The summed E-state index contributed by atoms with van der Waals surface area (Å²) in [6.07, 6.45) is 2.62. The molecule has 3 nitrogen and oxygen atoms in total. The van der Waals surface area contributed by atoms with E-state index in [4.69, 9.17) is 4.74 Å². The van der Waals surface area contributed by atoms with Crippen LogP contribution in [-0.2, 0) is 4.74 Å². The topological polar surface area (TPSA) is 38.3 Å². The number of rotatable bonds is 4. The second kappa shape index (κ2) is 3.81. The summed E-state index contributed by atoms with van der Waals surface area (Å²) in [6.45, 7) is 8.53. The van der Waals surface area contributed by atoms with E-state index < -0.39 is 0 Å². The Labute approximate surface area is 79.2 Å². The maximum Gasteiger partial charge on any atom is 0.407 e. The Kier molecular flexibility index (Phi) is 2.96. The van der Waals surface area contributed by atoms with Crippen molar-refractivity contribution in [3.8, 4) is 0 Å². The number of cyclic esters (lactones) is 1. The molecule has 0 spiro atoms. The lowest BCUT2D eigenvalue weighted by Crippen LogP contribution is -2.40. The molecule has 1 fully saturated rings. The van der Waals surface area contributed by atoms with Gasteiger partial charge in [0.25, 0.3) is 0 Å². The third kappa shape index (κ3) is 2.76. The van der Waals surface area contributed by atoms with E-state index in [0.29, 0.717) is 6.61 Å². The molecule has 1 unspecified atom stereocenters. The Morgan fingerprint density at radius 1 is 1.77 bits per heavy atom. The third-order valence-corrected chi connectivity index (χ3v) is 2.17. The molecule has 13 heavy (non-hydrogen) atoms. The molecule has 1 rings (SSSR count). The second-order valence-corrected chi connectivity index (χ2v) is 3.94. The first-order chi connectivity index (χ1) is 6.06. The standard InChI is InChI=1S/C10H17NO2/c1-4-5-8(2)6-10(3)7-13-9(12)11-10/h2,4-7H2,1,3H3,(H,11,12). The fourth-order valence-electron chi connectivity index (χ4n) is 1.63. The molecular formula is C10H17NO2. The van der Waals surface area contributed by atoms with Crippen molar-refractivity contribution in [2.45, 2.75) is 38.6 Å². The van der Waals surface area contributed by atoms with Crippen LogP contribution in [0, 0.1) is 0 Å². The highest BCUT2D eigenvalue weighted by Gasteiger charge is 2.34. The molecule has 0 aromatic carbocycles. The van der Waals surface area contributed by atoms with Crippen LogP contribution < -0.4 is 5.32 Å². The highest BCUT2D eigenvalue weighted by Crippen LogP contribution is 2.22. The number of carbonyl (C=O) groups excluding carboxylic acids is 1. The molecule has 3 heteroatoms. The number of carbonyl (C=O) groups is 1. The van der Waals surface area contributed by atoms with Crippen LogP contribution >= 0.6 is 0 Å². The van der Waals surface area contributed by atoms with E-state index in [0.717, 1.165) is 19.3 Å². The van der Waals surface area contributed by atoms with Gasteiger partial charge in [-0.1, -0.05) is 25.5 Å². The first kappa shape index (κ1) is 10.1. The Morgan fingerprint density at radius 3 is 2.92 bits per heavy atom. The van der Waals surface area contributed by atoms with Gasteiger partial charge in [-0.3, -0.25) is 0 Å². The Morgan fingerprint density at radius 2 is 2.46 bits per heavy atom. The molecule has 0 aromatic rings. The van der Waals surface area contributed by atoms with E-state index in [1.54, 1.807) is 0 Å². The molecule has 0 saturated carbocycles. The Balaban J connectivity index is 2.43. The van der Waals surface area contributed by atoms with E-state index in [1.165, 1.54) is 5.57 Å². The molecular weight excluding hydrogens is 166 g/mol. The molecule has 1 heterocycles. The Hall–Kier alpha value is -0.990. The van der Waals surface area contributed by atoms with Crippen LogP contribution in [0.4, 0.5) is 4.79 Å². The molecule has 1 amide bonds. The smallest absolute Gasteiger partial charge is 0.407 e. The molecule has 1 saturated heterocycles. The van der Waals surface area contributed by atoms with E-state index >= 15 is 0 Å². The zero-order valence-corrected chi connectivity index (χ0v) is 8.35. The van der Waals surface area contributed by atoms with Crippen molar-refractivity contribution in [3.63, 3.8) is 0 Å². The highest BCUT2D eigenvalue weighted by atomic mass is 16.6. The summed E-state index contributed by atoms with van der Waals surface area (Å²) in [5, 5.41) is 2.80. The molecule has 0 bridgehead atoms. The fourth-order valence-corrected chi connectivity index (χ4v) is 1.63. The summed E-state index contributed by atoms with van der Waals surface area (Å²) in [5.74, 6) is 0. The minimum atomic E-state index is -0.313. The number of hydrogen-bond donors (Lipinski definition) is 1. The minimum absolute atomic E-state index is 0.233. The fraction of sp³-hybridized carbons (Fsp3) is 0.700. The van der Waals surface area contributed by atoms with Gasteiger partial charge in [-0.2, -0.15) is 0 Å². The van der Waals surface area contributed by atoms with Crippen LogP contribution in [0.25, 0.3) is 0 Å². The van der Waals surface area contributed by atoms with Crippen molar-refractivity contribution >= 4 is 6.09 Å². The normalized spacial score (nSPS) is 26.8. The summed E-state index contributed by atoms with van der Waals surface area (Å²) in [6, 6.07) is 0. The molecule has 1 aliphatic rings. The summed E-state index contributed by atoms with van der Waals surface area (Å²) >= 11 is 0. The number of amides is 1. The van der Waals surface area contributed by atoms with E-state index in [9.17, 15) is 4.79 Å². The molecule has 74 valence electrons. The van der Waals surface area contributed by atoms with Gasteiger partial charge in [0.05, 0.1) is 5.54 Å². The first-order valence-corrected chi connectivity index (χ1v) is 4.67. The third-order valence-electron chi connectivity index (χ3n) is 2.17. The summed E-state index contributed by atoms with van der Waals surface area (Å²) in [5.41, 5.74) is 0.944. The van der Waals surface area contributed by atoms with E-state index in [1.807, 2.05) is 6.92 Å². The van der Waals surface area contributed by atoms with Gasteiger partial charge in [-0.15, -0.1) is 0 Å². The lowest BCUT2D eigenvalue weighted by atomic mass is 9.93. The zero-order valence-electron chi connectivity index (χ0n) is 8.35. The number of nitrogens with one attached hydrogen (secondary N) is 1. The summed E-state index contributed by atoms with van der Waals surface area (Å²) in [4.78, 5) is 10.8. The molecule has 1 atom stereocenters. The zero-order chi connectivity index (χ0) is 9.90. The molecule has 0 radical (unpaired) electrons. The molecule has 1 aliphatic heterocycles. The van der Waals surface area contributed by atoms with Crippen LogP contribution in [0.1, 0.15) is 33.1 Å². The van der Waals surface area contributed by atoms with Gasteiger partial charge >= 0.3 is 6.09 Å². The predicted octanol–water partition coefficient (Wildman–Crippen LogP) is 2.23. The Bertz CT molecular complexity index is 225. The lowest BCUT2D eigenvalue weighted by molar-refractivity contribution is 0.173. The van der Waals surface area contributed by atoms with Gasteiger partial charge in [0.15, 0.2) is 0 Å². The molecule has 0 aliphatic carbocycles. The maximum absolute atomic E-state index is 10.8. The lowest BCUT2D eigenvalue weighted by Gasteiger charge is -2.21. The van der Waals surface area contributed by atoms with Gasteiger partial charge in [0.2, 0.25) is 0 Å². The van der Waals surface area contributed by atoms with Crippen molar-refractivity contribution < 1.29 is 9.53 Å². The van der Waals surface area contributed by atoms with E-state index in [2.05, 4.69) is 18.8 Å². The van der Waals surface area contributed by atoms with Crippen LogP contribution in [0.15, 0.2) is 12.2 Å². The largest absolute Gasteiger partial charge is 0.447 e. The van der Waals surface area contributed by atoms with Crippen LogP contribution in [0.3, 0.4) is 0 Å². The number of alkyl carbamates (subject to hydrolysis) is 1. The van der Waals surface area contributed by atoms with Gasteiger partial charge in [0.1, 0.15) is 6.61 Å². The van der Waals surface area contributed by atoms with Crippen molar-refractivity contribution in [1.29, 1.82) is 0 Å². The SMILES string of the molecule is C=C(CCC)CC1(C)COC(=O)N1. The van der Waals surface area contributed by atoms with Crippen molar-refractivity contribution in [3.05, 3.63) is 12.2 Å². The first-order valence-electron chi connectivity index (χ1n) is 4.67. The van der Waals surface area contributed by atoms with Gasteiger partial charge in [-0.05, 0) is 19.8 Å². The van der Waals surface area contributed by atoms with Gasteiger partial charge in [-0.25, -0.2) is 4.79 Å². The quantitative estimate of drug-likeness (QED) is 0.679. The van der Waals surface area contributed by atoms with Gasteiger partial charge < -0.3 is 10.1 Å². The molecule has 1 N–H and O–H groups in total. The number of hydrogen-bond acceptors (Lipinski definition) is 2. The maximum atomic E-state index is 10.8.